The number of carbonyl (C=O) groups excluding carboxylic acids is 2. The summed E-state index contributed by atoms with van der Waals surface area (Å²) < 4.78 is 28.1. The summed E-state index contributed by atoms with van der Waals surface area (Å²) >= 11 is 0. The molecule has 2 amide bonds. The van der Waals surface area contributed by atoms with Gasteiger partial charge in [-0.1, -0.05) is 48.5 Å². The molecule has 10 rings (SSSR count). The molecular weight excluding hydrogens is 584 g/mol. The largest absolute Gasteiger partial charge is 0.268 e. The second-order valence-corrected chi connectivity index (χ2v) is 13.3. The number of amides is 2. The third kappa shape index (κ3) is 3.02. The molecule has 0 saturated heterocycles. The molecule has 4 aliphatic heterocycles. The number of hydrogen-bond donors (Lipinski definition) is 0. The van der Waals surface area contributed by atoms with E-state index in [2.05, 4.69) is 0 Å². The number of amidine groups is 2. The maximum Gasteiger partial charge on any atom is 0.264 e. The van der Waals surface area contributed by atoms with Crippen molar-refractivity contribution < 1.29 is 18.0 Å². The van der Waals surface area contributed by atoms with Gasteiger partial charge in [-0.25, -0.2) is 18.4 Å². The Bertz CT molecular complexity index is 2440. The Labute approximate surface area is 256 Å². The van der Waals surface area contributed by atoms with Gasteiger partial charge in [-0.3, -0.25) is 19.4 Å². The topological polar surface area (TPSA) is 99.5 Å². The van der Waals surface area contributed by atoms with Crippen molar-refractivity contribution in [3.63, 3.8) is 0 Å². The van der Waals surface area contributed by atoms with Gasteiger partial charge in [0.1, 0.15) is 11.7 Å². The Hall–Kier alpha value is -5.93. The molecule has 6 aromatic carbocycles. The first kappa shape index (κ1) is 24.5. The van der Waals surface area contributed by atoms with E-state index < -0.39 is 9.84 Å². The van der Waals surface area contributed by atoms with E-state index in [-0.39, 0.29) is 32.7 Å². The van der Waals surface area contributed by atoms with E-state index in [0.717, 1.165) is 32.9 Å². The van der Waals surface area contributed by atoms with Crippen molar-refractivity contribution in [3.05, 3.63) is 131 Å². The summed E-state index contributed by atoms with van der Waals surface area (Å²) in [6.45, 7) is 0. The lowest BCUT2D eigenvalue weighted by Crippen LogP contribution is -2.31. The molecule has 8 nitrogen and oxygen atoms in total. The van der Waals surface area contributed by atoms with Gasteiger partial charge >= 0.3 is 0 Å². The lowest BCUT2D eigenvalue weighted by atomic mass is 10.0. The van der Waals surface area contributed by atoms with Crippen LogP contribution in [0.2, 0.25) is 0 Å². The summed E-state index contributed by atoms with van der Waals surface area (Å²) in [7, 11) is -4.10. The number of carbonyl (C=O) groups is 2. The van der Waals surface area contributed by atoms with Crippen LogP contribution in [0.15, 0.2) is 129 Å². The standard InChI is InChI=1S/C36H18N4O4S/c41-35-25-17-21(13-15-23(25)33-37-27-9-1-5-19-7-3-11-29(31(19)27)39(33)35)45(43,44)22-14-16-24-26(18-22)36(42)40-30-12-4-8-20-6-2-10-28(32(20)30)38-34(24)40/h1-18H. The third-order valence-corrected chi connectivity index (χ3v) is 10.8. The molecule has 0 spiro atoms. The number of hydrogen-bond acceptors (Lipinski definition) is 6. The van der Waals surface area contributed by atoms with Gasteiger partial charge in [0, 0.05) is 21.9 Å². The fraction of sp³-hybridized carbons (Fsp3) is 0. The number of sulfone groups is 1. The van der Waals surface area contributed by atoms with Crippen LogP contribution in [0.3, 0.4) is 0 Å². The molecule has 9 heteroatoms. The fourth-order valence-corrected chi connectivity index (χ4v) is 8.31. The summed E-state index contributed by atoms with van der Waals surface area (Å²) in [5.74, 6) is 0.273. The Balaban J connectivity index is 1.06. The van der Waals surface area contributed by atoms with E-state index in [9.17, 15) is 18.0 Å². The normalized spacial score (nSPS) is 15.6. The lowest BCUT2D eigenvalue weighted by Gasteiger charge is -2.24. The van der Waals surface area contributed by atoms with Crippen LogP contribution in [0.5, 0.6) is 0 Å². The van der Waals surface area contributed by atoms with E-state index in [1.54, 1.807) is 21.9 Å². The molecule has 0 bridgehead atoms. The summed E-state index contributed by atoms with van der Waals surface area (Å²) in [6.07, 6.45) is 0. The molecule has 4 heterocycles. The van der Waals surface area contributed by atoms with Crippen LogP contribution in [-0.4, -0.2) is 31.9 Å². The first-order valence-corrected chi connectivity index (χ1v) is 15.8. The quantitative estimate of drug-likeness (QED) is 0.215. The van der Waals surface area contributed by atoms with E-state index in [1.807, 2.05) is 72.8 Å². The minimum atomic E-state index is -4.10. The Morgan fingerprint density at radius 1 is 0.489 bits per heavy atom. The second-order valence-electron chi connectivity index (χ2n) is 11.4. The first-order chi connectivity index (χ1) is 21.9. The van der Waals surface area contributed by atoms with Crippen LogP contribution in [0, 0.1) is 0 Å². The zero-order valence-corrected chi connectivity index (χ0v) is 24.0. The maximum absolute atomic E-state index is 14.0. The monoisotopic (exact) mass is 602 g/mol. The van der Waals surface area contributed by atoms with E-state index in [4.69, 9.17) is 9.98 Å². The van der Waals surface area contributed by atoms with Gasteiger partial charge < -0.3 is 0 Å². The van der Waals surface area contributed by atoms with Gasteiger partial charge in [0.25, 0.3) is 11.8 Å². The highest BCUT2D eigenvalue weighted by Gasteiger charge is 2.41. The van der Waals surface area contributed by atoms with Crippen molar-refractivity contribution in [2.24, 2.45) is 9.98 Å². The number of aliphatic imine (C=N–C) groups is 2. The number of fused-ring (bicyclic) bond motifs is 8. The molecule has 212 valence electrons. The Morgan fingerprint density at radius 2 is 0.911 bits per heavy atom. The predicted octanol–water partition coefficient (Wildman–Crippen LogP) is 6.93. The van der Waals surface area contributed by atoms with Crippen LogP contribution >= 0.6 is 0 Å². The molecule has 0 N–H and O–H groups in total. The fourth-order valence-electron chi connectivity index (χ4n) is 6.99. The predicted molar refractivity (Wildman–Crippen MR) is 172 cm³/mol. The van der Waals surface area contributed by atoms with Crippen LogP contribution in [-0.2, 0) is 9.84 Å². The van der Waals surface area contributed by atoms with E-state index in [1.165, 1.54) is 24.3 Å². The summed E-state index contributed by atoms with van der Waals surface area (Å²) in [5, 5.41) is 3.68. The van der Waals surface area contributed by atoms with Crippen molar-refractivity contribution in [3.8, 4) is 0 Å². The van der Waals surface area contributed by atoms with Crippen molar-refractivity contribution >= 4 is 77.6 Å². The minimum absolute atomic E-state index is 0.0385. The van der Waals surface area contributed by atoms with Crippen molar-refractivity contribution in [2.75, 3.05) is 9.80 Å². The first-order valence-electron chi connectivity index (χ1n) is 14.3. The smallest absolute Gasteiger partial charge is 0.264 e. The molecular formula is C36H18N4O4S. The van der Waals surface area contributed by atoms with Gasteiger partial charge in [0.2, 0.25) is 9.84 Å². The van der Waals surface area contributed by atoms with Gasteiger partial charge in [-0.05, 0) is 71.4 Å². The number of rotatable bonds is 2. The maximum atomic E-state index is 14.0. The van der Waals surface area contributed by atoms with Crippen LogP contribution in [0.4, 0.5) is 22.7 Å². The highest BCUT2D eigenvalue weighted by Crippen LogP contribution is 2.45. The SMILES string of the molecule is O=C1c2cc(S(=O)(=O)c3ccc4c(c3)C(=O)N3C4=Nc4cccc5cccc3c45)ccc2C2=Nc3cccc4cccc(c34)N12. The van der Waals surface area contributed by atoms with Crippen LogP contribution in [0.1, 0.15) is 31.8 Å². The van der Waals surface area contributed by atoms with Crippen molar-refractivity contribution in [1.82, 2.24) is 0 Å². The molecule has 0 unspecified atom stereocenters. The zero-order chi connectivity index (χ0) is 30.2. The van der Waals surface area contributed by atoms with Crippen molar-refractivity contribution in [2.45, 2.75) is 9.79 Å². The molecule has 6 aromatic rings. The highest BCUT2D eigenvalue weighted by atomic mass is 32.2. The summed E-state index contributed by atoms with van der Waals surface area (Å²) in [6, 6.07) is 32.2. The molecule has 0 fully saturated rings. The van der Waals surface area contributed by atoms with Gasteiger partial charge in [0.05, 0.1) is 43.7 Å². The molecule has 0 saturated carbocycles. The van der Waals surface area contributed by atoms with E-state index >= 15 is 0 Å². The molecule has 4 aliphatic rings. The second kappa shape index (κ2) is 8.16. The molecule has 0 atom stereocenters. The Morgan fingerprint density at radius 3 is 1.36 bits per heavy atom. The van der Waals surface area contributed by atoms with Crippen LogP contribution in [0.25, 0.3) is 21.5 Å². The zero-order valence-electron chi connectivity index (χ0n) is 23.2. The lowest BCUT2D eigenvalue weighted by molar-refractivity contribution is 0.0999. The van der Waals surface area contributed by atoms with Gasteiger partial charge in [-0.15, -0.1) is 0 Å². The van der Waals surface area contributed by atoms with Gasteiger partial charge in [-0.2, -0.15) is 0 Å². The average Bonchev–Trinajstić information content (AvgIpc) is 3.51. The number of benzene rings is 6. The summed E-state index contributed by atoms with van der Waals surface area (Å²) in [4.78, 5) is 40.2. The van der Waals surface area contributed by atoms with Crippen molar-refractivity contribution in [1.29, 1.82) is 0 Å². The molecule has 0 aliphatic carbocycles. The number of anilines is 2. The average molecular weight is 603 g/mol. The molecule has 0 radical (unpaired) electrons. The molecule has 45 heavy (non-hydrogen) atoms. The van der Waals surface area contributed by atoms with Crippen LogP contribution < -0.4 is 9.80 Å². The van der Waals surface area contributed by atoms with Gasteiger partial charge in [0.15, 0.2) is 0 Å². The van der Waals surface area contributed by atoms with E-state index in [0.29, 0.717) is 34.2 Å². The number of nitrogens with zero attached hydrogens (tertiary/aromatic N) is 4. The highest BCUT2D eigenvalue weighted by molar-refractivity contribution is 7.91. The summed E-state index contributed by atoms with van der Waals surface area (Å²) in [5.41, 5.74) is 4.60. The Kier molecular flexibility index (Phi) is 4.44. The third-order valence-electron chi connectivity index (χ3n) is 9.03. The minimum Gasteiger partial charge on any atom is -0.268 e. The molecule has 0 aromatic heterocycles.